The van der Waals surface area contributed by atoms with E-state index in [-0.39, 0.29) is 11.3 Å². The Morgan fingerprint density at radius 3 is 2.43 bits per heavy atom. The van der Waals surface area contributed by atoms with Gasteiger partial charge in [-0.15, -0.1) is 0 Å². The first-order chi connectivity index (χ1) is 12.9. The van der Waals surface area contributed by atoms with E-state index in [1.54, 1.807) is 0 Å². The average molecular weight is 406 g/mol. The Morgan fingerprint density at radius 1 is 1.36 bits per heavy atom. The molecule has 10 heteroatoms. The van der Waals surface area contributed by atoms with Crippen molar-refractivity contribution in [2.24, 2.45) is 11.3 Å². The number of carbonyl (C=O) groups is 2. The summed E-state index contributed by atoms with van der Waals surface area (Å²) in [6.45, 7) is 7.78. The SMILES string of the molecule is Cc1cc(C(=O)N2C[C@@H]3COC[C@]3(CN(C)C)C2)c(C)o1.O=C(O)C(F)(F)F. The molecule has 1 amide bonds. The molecule has 3 heterocycles. The molecule has 28 heavy (non-hydrogen) atoms. The van der Waals surface area contributed by atoms with Crippen molar-refractivity contribution in [1.82, 2.24) is 9.80 Å². The Morgan fingerprint density at radius 2 is 1.96 bits per heavy atom. The summed E-state index contributed by atoms with van der Waals surface area (Å²) < 4.78 is 42.9. The van der Waals surface area contributed by atoms with Gasteiger partial charge in [-0.1, -0.05) is 0 Å². The number of carboxylic acids is 1. The average Bonchev–Trinajstić information content (AvgIpc) is 3.17. The number of likely N-dealkylation sites (tertiary alicyclic amines) is 1. The van der Waals surface area contributed by atoms with Gasteiger partial charge in [-0.2, -0.15) is 13.2 Å². The highest BCUT2D eigenvalue weighted by Crippen LogP contribution is 2.42. The Hall–Kier alpha value is -2.07. The van der Waals surface area contributed by atoms with Crippen LogP contribution in [-0.2, 0) is 9.53 Å². The number of fused-ring (bicyclic) bond motifs is 1. The topological polar surface area (TPSA) is 83.2 Å². The quantitative estimate of drug-likeness (QED) is 0.829. The molecule has 0 bridgehead atoms. The zero-order valence-electron chi connectivity index (χ0n) is 16.3. The second-order valence-corrected chi connectivity index (χ2v) is 7.63. The van der Waals surface area contributed by atoms with Gasteiger partial charge in [-0.05, 0) is 34.0 Å². The maximum Gasteiger partial charge on any atom is 0.490 e. The van der Waals surface area contributed by atoms with Crippen LogP contribution in [0.5, 0.6) is 0 Å². The molecule has 0 aromatic carbocycles. The second kappa shape index (κ2) is 8.12. The molecule has 0 radical (unpaired) electrons. The second-order valence-electron chi connectivity index (χ2n) is 7.63. The first-order valence-electron chi connectivity index (χ1n) is 8.74. The minimum absolute atomic E-state index is 0.0891. The van der Waals surface area contributed by atoms with Crippen LogP contribution in [0.4, 0.5) is 13.2 Å². The van der Waals surface area contributed by atoms with Crippen molar-refractivity contribution in [3.63, 3.8) is 0 Å². The summed E-state index contributed by atoms with van der Waals surface area (Å²) in [6, 6.07) is 1.85. The number of carboxylic acid groups (broad SMARTS) is 1. The van der Waals surface area contributed by atoms with Gasteiger partial charge < -0.3 is 24.1 Å². The number of nitrogens with zero attached hydrogens (tertiary/aromatic N) is 2. The van der Waals surface area contributed by atoms with Crippen LogP contribution in [0.3, 0.4) is 0 Å². The molecule has 2 fully saturated rings. The molecule has 2 atom stereocenters. The summed E-state index contributed by atoms with van der Waals surface area (Å²) in [4.78, 5) is 25.8. The lowest BCUT2D eigenvalue weighted by molar-refractivity contribution is -0.192. The maximum absolute atomic E-state index is 12.8. The molecule has 0 unspecified atom stereocenters. The molecule has 2 aliphatic rings. The number of carbonyl (C=O) groups excluding carboxylic acids is 1. The Kier molecular flexibility index (Phi) is 6.44. The number of aliphatic carboxylic acids is 1. The van der Waals surface area contributed by atoms with Gasteiger partial charge in [0.15, 0.2) is 0 Å². The van der Waals surface area contributed by atoms with Gasteiger partial charge in [0.25, 0.3) is 5.91 Å². The Balaban J connectivity index is 0.000000345. The van der Waals surface area contributed by atoms with Crippen molar-refractivity contribution in [2.45, 2.75) is 20.0 Å². The predicted molar refractivity (Wildman–Crippen MR) is 93.1 cm³/mol. The smallest absolute Gasteiger partial charge is 0.475 e. The van der Waals surface area contributed by atoms with Crippen molar-refractivity contribution < 1.29 is 37.0 Å². The monoisotopic (exact) mass is 406 g/mol. The van der Waals surface area contributed by atoms with Crippen molar-refractivity contribution in [2.75, 3.05) is 46.9 Å². The van der Waals surface area contributed by atoms with Crippen LogP contribution in [0.15, 0.2) is 10.5 Å². The fourth-order valence-electron chi connectivity index (χ4n) is 3.85. The van der Waals surface area contributed by atoms with Gasteiger partial charge in [-0.25, -0.2) is 4.79 Å². The van der Waals surface area contributed by atoms with E-state index in [4.69, 9.17) is 19.1 Å². The zero-order valence-corrected chi connectivity index (χ0v) is 16.3. The summed E-state index contributed by atoms with van der Waals surface area (Å²) in [7, 11) is 4.16. The summed E-state index contributed by atoms with van der Waals surface area (Å²) >= 11 is 0. The number of halogens is 3. The summed E-state index contributed by atoms with van der Waals surface area (Å²) in [5.41, 5.74) is 0.791. The van der Waals surface area contributed by atoms with E-state index in [2.05, 4.69) is 19.0 Å². The lowest BCUT2D eigenvalue weighted by Gasteiger charge is -2.30. The molecule has 7 nitrogen and oxygen atoms in total. The van der Waals surface area contributed by atoms with Gasteiger partial charge in [0, 0.05) is 31.0 Å². The molecular weight excluding hydrogens is 381 g/mol. The fourth-order valence-corrected chi connectivity index (χ4v) is 3.85. The van der Waals surface area contributed by atoms with E-state index in [1.165, 1.54) is 0 Å². The van der Waals surface area contributed by atoms with E-state index in [1.807, 2.05) is 24.8 Å². The molecule has 0 saturated carbocycles. The summed E-state index contributed by atoms with van der Waals surface area (Å²) in [5, 5.41) is 7.12. The molecule has 0 aliphatic carbocycles. The summed E-state index contributed by atoms with van der Waals surface area (Å²) in [6.07, 6.45) is -5.08. The third-order valence-corrected chi connectivity index (χ3v) is 4.95. The van der Waals surface area contributed by atoms with Gasteiger partial charge in [0.05, 0.1) is 18.8 Å². The van der Waals surface area contributed by atoms with E-state index >= 15 is 0 Å². The molecule has 2 aliphatic heterocycles. The van der Waals surface area contributed by atoms with Crippen LogP contribution in [0.2, 0.25) is 0 Å². The van der Waals surface area contributed by atoms with E-state index in [0.717, 1.165) is 38.6 Å². The number of hydrogen-bond donors (Lipinski definition) is 1. The van der Waals surface area contributed by atoms with Crippen LogP contribution >= 0.6 is 0 Å². The highest BCUT2D eigenvalue weighted by molar-refractivity contribution is 5.95. The van der Waals surface area contributed by atoms with E-state index in [9.17, 15) is 18.0 Å². The highest BCUT2D eigenvalue weighted by atomic mass is 19.4. The van der Waals surface area contributed by atoms with Gasteiger partial charge >= 0.3 is 12.1 Å². The summed E-state index contributed by atoms with van der Waals surface area (Å²) in [5.74, 6) is -0.712. The number of aryl methyl sites for hydroxylation is 2. The lowest BCUT2D eigenvalue weighted by Crippen LogP contribution is -2.41. The van der Waals surface area contributed by atoms with Crippen LogP contribution in [0, 0.1) is 25.2 Å². The predicted octanol–water partition coefficient (Wildman–Crippen LogP) is 2.18. The molecule has 3 rings (SSSR count). The van der Waals surface area contributed by atoms with E-state index in [0.29, 0.717) is 17.2 Å². The molecule has 1 aromatic heterocycles. The van der Waals surface area contributed by atoms with Gasteiger partial charge in [0.2, 0.25) is 0 Å². The highest BCUT2D eigenvalue weighted by Gasteiger charge is 2.52. The van der Waals surface area contributed by atoms with Gasteiger partial charge in [-0.3, -0.25) is 4.79 Å². The number of amides is 1. The van der Waals surface area contributed by atoms with Crippen molar-refractivity contribution >= 4 is 11.9 Å². The van der Waals surface area contributed by atoms with Crippen molar-refractivity contribution in [3.05, 3.63) is 23.2 Å². The van der Waals surface area contributed by atoms with Crippen LogP contribution in [0.1, 0.15) is 21.9 Å². The van der Waals surface area contributed by atoms with Crippen LogP contribution < -0.4 is 0 Å². The minimum atomic E-state index is -5.08. The molecule has 1 N–H and O–H groups in total. The maximum atomic E-state index is 12.8. The molecule has 1 aromatic rings. The Labute approximate surface area is 161 Å². The molecule has 2 saturated heterocycles. The molecule has 0 spiro atoms. The van der Waals surface area contributed by atoms with Crippen LogP contribution in [0.25, 0.3) is 0 Å². The number of rotatable bonds is 3. The first kappa shape index (κ1) is 22.2. The van der Waals surface area contributed by atoms with Crippen molar-refractivity contribution in [1.29, 1.82) is 0 Å². The third-order valence-electron chi connectivity index (χ3n) is 4.95. The lowest BCUT2D eigenvalue weighted by atomic mass is 9.81. The standard InChI is InChI=1S/C16H24N2O3.C2HF3O2/c1-11-5-14(12(2)21-11)15(19)18-6-13-7-20-10-16(13,9-18)8-17(3)4;3-2(4,5)1(6)7/h5,13H,6-10H2,1-4H3;(H,6,7)/t13-,16+;/m1./s1. The molecule has 158 valence electrons. The number of hydrogen-bond acceptors (Lipinski definition) is 5. The molecular formula is C18H25F3N2O5. The fraction of sp³-hybridized carbons (Fsp3) is 0.667. The number of ether oxygens (including phenoxy) is 1. The zero-order chi connectivity index (χ0) is 21.3. The number of furan rings is 1. The van der Waals surface area contributed by atoms with Gasteiger partial charge in [0.1, 0.15) is 11.5 Å². The first-order valence-corrected chi connectivity index (χ1v) is 8.74. The van der Waals surface area contributed by atoms with Crippen LogP contribution in [-0.4, -0.2) is 79.9 Å². The third kappa shape index (κ3) is 4.85. The minimum Gasteiger partial charge on any atom is -0.475 e. The Bertz CT molecular complexity index is 731. The van der Waals surface area contributed by atoms with Crippen molar-refractivity contribution in [3.8, 4) is 0 Å². The number of alkyl halides is 3. The normalized spacial score (nSPS) is 24.1. The van der Waals surface area contributed by atoms with E-state index < -0.39 is 12.1 Å². The largest absolute Gasteiger partial charge is 0.490 e.